The molecule has 3 N–H and O–H groups in total. The average molecular weight is 1360 g/mol. The molecule has 0 radical (unpaired) electrons. The zero-order chi connectivity index (χ0) is 70.0. The van der Waals surface area contributed by atoms with E-state index in [2.05, 4.69) is 220 Å². The van der Waals surface area contributed by atoms with E-state index in [1.54, 1.807) is 0 Å². The van der Waals surface area contributed by atoms with E-state index in [1.807, 2.05) is 0 Å². The standard InChI is InChI=1S/C87H140NO8P/c1-3-5-7-9-11-13-15-17-19-21-23-25-27-29-31-33-35-37-39-41-42-44-45-47-49-51-53-55-57-59-61-63-65-67-69-71-73-75-77-79-86(89)93-83-85(84-95-97(91,92)94-82-81-88)96-87(90)80-78-76-74-72-70-68-66-64-62-60-58-56-54-52-50-48-46-43-40-38-36-34-32-30-28-26-24-22-20-18-16-14-12-10-8-6-4-2/h5-8,11-14,17-20,23-26,29-32,35-38,43,46,50,52,56,58,62,64,68,70,85H,3-4,9-10,15-16,21-22,27-28,33-34,39-42,44-45,47-49,51,53-55,57,59-61,63,65-67,69,71-84,88H2,1-2H3,(H,91,92)/b7-5-,8-6-,13-11-,14-12-,19-17-,20-18-,25-23-,26-24-,31-29-,32-30-,37-35-,38-36-,46-43-,52-50-,58-56-,64-62-,70-68-. The Morgan fingerprint density at radius 3 is 0.804 bits per heavy atom. The van der Waals surface area contributed by atoms with Gasteiger partial charge < -0.3 is 20.1 Å². The van der Waals surface area contributed by atoms with Gasteiger partial charge in [-0.05, 0) is 148 Å². The van der Waals surface area contributed by atoms with E-state index in [0.29, 0.717) is 6.42 Å². The number of hydrogen-bond acceptors (Lipinski definition) is 8. The highest BCUT2D eigenvalue weighted by Crippen LogP contribution is 2.43. The summed E-state index contributed by atoms with van der Waals surface area (Å²) in [5, 5.41) is 0. The minimum Gasteiger partial charge on any atom is -0.462 e. The van der Waals surface area contributed by atoms with Gasteiger partial charge in [0.15, 0.2) is 6.10 Å². The van der Waals surface area contributed by atoms with Crippen molar-refractivity contribution in [3.8, 4) is 0 Å². The number of rotatable bonds is 70. The number of allylic oxidation sites excluding steroid dienone is 34. The van der Waals surface area contributed by atoms with Crippen LogP contribution in [0.25, 0.3) is 0 Å². The second-order valence-corrected chi connectivity index (χ2v) is 26.2. The third kappa shape index (κ3) is 79.5. The van der Waals surface area contributed by atoms with Gasteiger partial charge in [-0.1, -0.05) is 342 Å². The van der Waals surface area contributed by atoms with Crippen LogP contribution in [-0.2, 0) is 32.7 Å². The van der Waals surface area contributed by atoms with Gasteiger partial charge in [0.2, 0.25) is 0 Å². The Hall–Kier alpha value is -5.41. The maximum absolute atomic E-state index is 12.8. The molecule has 546 valence electrons. The summed E-state index contributed by atoms with van der Waals surface area (Å²) in [6.07, 6.45) is 122. The van der Waals surface area contributed by atoms with Crippen molar-refractivity contribution in [3.63, 3.8) is 0 Å². The first-order valence-electron chi connectivity index (χ1n) is 38.6. The first kappa shape index (κ1) is 91.6. The molecule has 0 spiro atoms. The molecule has 9 nitrogen and oxygen atoms in total. The maximum Gasteiger partial charge on any atom is 0.472 e. The molecule has 0 rings (SSSR count). The minimum absolute atomic E-state index is 0.0386. The predicted molar refractivity (Wildman–Crippen MR) is 421 cm³/mol. The number of unbranched alkanes of at least 4 members (excludes halogenated alkanes) is 23. The molecule has 0 amide bonds. The Kier molecular flexibility index (Phi) is 75.1. The summed E-state index contributed by atoms with van der Waals surface area (Å²) in [5.74, 6) is -0.872. The normalized spacial score (nSPS) is 14.1. The molecule has 0 bridgehead atoms. The highest BCUT2D eigenvalue weighted by atomic mass is 31.2. The summed E-state index contributed by atoms with van der Waals surface area (Å²) in [5.41, 5.74) is 5.41. The quantitative estimate of drug-likeness (QED) is 0.0264. The highest BCUT2D eigenvalue weighted by molar-refractivity contribution is 7.47. The van der Waals surface area contributed by atoms with E-state index in [0.717, 1.165) is 148 Å². The van der Waals surface area contributed by atoms with E-state index in [1.165, 1.54) is 116 Å². The minimum atomic E-state index is -4.42. The molecule has 0 aromatic heterocycles. The summed E-state index contributed by atoms with van der Waals surface area (Å²) in [6, 6.07) is 0. The Bertz CT molecular complexity index is 2350. The fourth-order valence-corrected chi connectivity index (χ4v) is 10.8. The molecule has 97 heavy (non-hydrogen) atoms. The highest BCUT2D eigenvalue weighted by Gasteiger charge is 2.26. The molecule has 0 saturated heterocycles. The molecule has 0 saturated carbocycles. The molecule has 10 heteroatoms. The lowest BCUT2D eigenvalue weighted by Crippen LogP contribution is -2.29. The van der Waals surface area contributed by atoms with Crippen LogP contribution in [0.2, 0.25) is 0 Å². The van der Waals surface area contributed by atoms with Crippen molar-refractivity contribution < 1.29 is 37.6 Å². The number of carbonyl (C=O) groups excluding carboxylic acids is 2. The third-order valence-electron chi connectivity index (χ3n) is 15.7. The average Bonchev–Trinajstić information content (AvgIpc) is 2.17. The topological polar surface area (TPSA) is 134 Å². The van der Waals surface area contributed by atoms with Crippen molar-refractivity contribution in [2.45, 2.75) is 302 Å². The van der Waals surface area contributed by atoms with E-state index < -0.39 is 32.5 Å². The number of nitrogens with two attached hydrogens (primary N) is 1. The van der Waals surface area contributed by atoms with Crippen molar-refractivity contribution in [2.24, 2.45) is 5.73 Å². The lowest BCUT2D eigenvalue weighted by Gasteiger charge is -2.19. The van der Waals surface area contributed by atoms with E-state index in [-0.39, 0.29) is 32.6 Å². The number of phosphoric acid groups is 1. The molecule has 0 heterocycles. The molecular formula is C87H140NO8P. The Morgan fingerprint density at radius 1 is 0.309 bits per heavy atom. The monoisotopic (exact) mass is 1360 g/mol. The van der Waals surface area contributed by atoms with Crippen LogP contribution in [-0.4, -0.2) is 49.3 Å². The molecule has 0 aliphatic carbocycles. The van der Waals surface area contributed by atoms with Crippen molar-refractivity contribution in [2.75, 3.05) is 26.4 Å². The SMILES string of the molecule is CC/C=C\C/C=C\C/C=C\C/C=C\C/C=C\C/C=C\C/C=C\C/C=C\C/C=C\C/C=C\C/C=C\CCCCCC(=O)OC(COC(=O)CCCCCCCCCCCCCCCCCCCCCC/C=C\C/C=C\C/C=C\C/C=C\C/C=C\C/C=C\CC)COP(=O)(O)OCCN. The largest absolute Gasteiger partial charge is 0.472 e. The lowest BCUT2D eigenvalue weighted by molar-refractivity contribution is -0.161. The van der Waals surface area contributed by atoms with Crippen LogP contribution >= 0.6 is 7.82 Å². The van der Waals surface area contributed by atoms with Gasteiger partial charge in [-0.25, -0.2) is 4.57 Å². The Morgan fingerprint density at radius 2 is 0.536 bits per heavy atom. The molecule has 2 unspecified atom stereocenters. The van der Waals surface area contributed by atoms with Gasteiger partial charge >= 0.3 is 19.8 Å². The van der Waals surface area contributed by atoms with Gasteiger partial charge in [0.1, 0.15) is 6.61 Å². The number of carbonyl (C=O) groups is 2. The predicted octanol–water partition coefficient (Wildman–Crippen LogP) is 26.2. The number of ether oxygens (including phenoxy) is 2. The van der Waals surface area contributed by atoms with Crippen LogP contribution in [0.3, 0.4) is 0 Å². The van der Waals surface area contributed by atoms with E-state index >= 15 is 0 Å². The summed E-state index contributed by atoms with van der Waals surface area (Å²) in [7, 11) is -4.42. The number of phosphoric ester groups is 1. The molecule has 0 aromatic rings. The van der Waals surface area contributed by atoms with Gasteiger partial charge in [-0.15, -0.1) is 0 Å². The van der Waals surface area contributed by atoms with Crippen LogP contribution in [0.1, 0.15) is 296 Å². The van der Waals surface area contributed by atoms with Gasteiger partial charge in [0.05, 0.1) is 13.2 Å². The van der Waals surface area contributed by atoms with Gasteiger partial charge in [0.25, 0.3) is 0 Å². The van der Waals surface area contributed by atoms with Crippen molar-refractivity contribution in [3.05, 3.63) is 207 Å². The zero-order valence-corrected chi connectivity index (χ0v) is 62.4. The van der Waals surface area contributed by atoms with Gasteiger partial charge in [0, 0.05) is 19.4 Å². The summed E-state index contributed by atoms with van der Waals surface area (Å²) < 4.78 is 33.2. The molecule has 0 aliphatic rings. The van der Waals surface area contributed by atoms with Crippen LogP contribution in [0.4, 0.5) is 0 Å². The Balaban J connectivity index is 3.96. The van der Waals surface area contributed by atoms with Crippen LogP contribution < -0.4 is 5.73 Å². The lowest BCUT2D eigenvalue weighted by atomic mass is 10.0. The van der Waals surface area contributed by atoms with E-state index in [4.69, 9.17) is 24.3 Å². The summed E-state index contributed by atoms with van der Waals surface area (Å²) in [6.45, 7) is 3.47. The van der Waals surface area contributed by atoms with Crippen LogP contribution in [0.5, 0.6) is 0 Å². The van der Waals surface area contributed by atoms with Crippen LogP contribution in [0, 0.1) is 0 Å². The fourth-order valence-electron chi connectivity index (χ4n) is 10.1. The third-order valence-corrected chi connectivity index (χ3v) is 16.6. The van der Waals surface area contributed by atoms with Gasteiger partial charge in [-0.2, -0.15) is 0 Å². The molecule has 0 aliphatic heterocycles. The van der Waals surface area contributed by atoms with Crippen LogP contribution in [0.15, 0.2) is 207 Å². The van der Waals surface area contributed by atoms with Crippen molar-refractivity contribution in [1.29, 1.82) is 0 Å². The second-order valence-electron chi connectivity index (χ2n) is 24.8. The van der Waals surface area contributed by atoms with Gasteiger partial charge in [-0.3, -0.25) is 18.6 Å². The first-order chi connectivity index (χ1) is 47.8. The second kappa shape index (κ2) is 79.6. The maximum atomic E-state index is 12.8. The number of esters is 2. The fraction of sp³-hybridized carbons (Fsp3) is 0.586. The molecule has 2 atom stereocenters. The Labute approximate surface area is 595 Å². The van der Waals surface area contributed by atoms with E-state index in [9.17, 15) is 19.0 Å². The zero-order valence-electron chi connectivity index (χ0n) is 61.5. The molecular weight excluding hydrogens is 1220 g/mol. The molecule has 0 aromatic carbocycles. The summed E-state index contributed by atoms with van der Waals surface area (Å²) >= 11 is 0. The summed E-state index contributed by atoms with van der Waals surface area (Å²) in [4.78, 5) is 35.4. The molecule has 0 fully saturated rings. The number of hydrogen-bond donors (Lipinski definition) is 2. The van der Waals surface area contributed by atoms with Crippen molar-refractivity contribution in [1.82, 2.24) is 0 Å². The smallest absolute Gasteiger partial charge is 0.462 e. The van der Waals surface area contributed by atoms with Crippen molar-refractivity contribution >= 4 is 19.8 Å². The first-order valence-corrected chi connectivity index (χ1v) is 40.1.